The number of aliphatic hydroxyl groups excluding tert-OH is 1. The van der Waals surface area contributed by atoms with Gasteiger partial charge in [-0.1, -0.05) is 76.3 Å². The van der Waals surface area contributed by atoms with Gasteiger partial charge in [0.25, 0.3) is 0 Å². The number of amides is 1. The molecule has 126 valence electrons. The standard InChI is InChI=1S/C19H29NO2Si/c1-14(13-21)12-16-17(15-10-8-7-9-11-15)20(18(16)22)23(5,6)19(2,3)4/h7-11,16-17,21H,1,12-13H2,2-6H3. The van der Waals surface area contributed by atoms with E-state index in [1.807, 2.05) is 18.2 Å². The van der Waals surface area contributed by atoms with E-state index in [1.54, 1.807) is 0 Å². The van der Waals surface area contributed by atoms with Crippen molar-refractivity contribution in [2.75, 3.05) is 6.61 Å². The molecule has 1 aromatic carbocycles. The Labute approximate surface area is 141 Å². The molecule has 2 unspecified atom stereocenters. The maximum Gasteiger partial charge on any atom is 0.221 e. The van der Waals surface area contributed by atoms with E-state index in [4.69, 9.17) is 0 Å². The highest BCUT2D eigenvalue weighted by Crippen LogP contribution is 2.51. The summed E-state index contributed by atoms with van der Waals surface area (Å²) < 4.78 is 2.16. The van der Waals surface area contributed by atoms with Crippen LogP contribution in [0.15, 0.2) is 42.5 Å². The van der Waals surface area contributed by atoms with Crippen molar-refractivity contribution in [2.24, 2.45) is 5.92 Å². The summed E-state index contributed by atoms with van der Waals surface area (Å²) in [4.78, 5) is 12.9. The zero-order valence-electron chi connectivity index (χ0n) is 15.0. The Morgan fingerprint density at radius 3 is 2.30 bits per heavy atom. The summed E-state index contributed by atoms with van der Waals surface area (Å²) >= 11 is 0. The maximum absolute atomic E-state index is 12.9. The first-order chi connectivity index (χ1) is 10.6. The first-order valence-corrected chi connectivity index (χ1v) is 11.2. The zero-order chi connectivity index (χ0) is 17.4. The molecule has 0 bridgehead atoms. The molecule has 1 aliphatic rings. The van der Waals surface area contributed by atoms with E-state index in [0.717, 1.165) is 5.57 Å². The fourth-order valence-corrected chi connectivity index (χ4v) is 5.60. The van der Waals surface area contributed by atoms with Crippen molar-refractivity contribution in [3.05, 3.63) is 48.0 Å². The molecule has 0 aliphatic carbocycles. The predicted octanol–water partition coefficient (Wildman–Crippen LogP) is 4.13. The second-order valence-electron chi connectivity index (χ2n) is 8.09. The SMILES string of the molecule is C=C(CO)CC1C(=O)N([Si](C)(C)C(C)(C)C)C1c1ccccc1. The summed E-state index contributed by atoms with van der Waals surface area (Å²) in [7, 11) is -1.94. The predicted molar refractivity (Wildman–Crippen MR) is 97.6 cm³/mol. The monoisotopic (exact) mass is 331 g/mol. The molecule has 1 fully saturated rings. The van der Waals surface area contributed by atoms with Crippen molar-refractivity contribution >= 4 is 14.1 Å². The van der Waals surface area contributed by atoms with Crippen LogP contribution in [0.4, 0.5) is 0 Å². The van der Waals surface area contributed by atoms with Crippen LogP contribution in [0.5, 0.6) is 0 Å². The lowest BCUT2D eigenvalue weighted by molar-refractivity contribution is -0.148. The summed E-state index contributed by atoms with van der Waals surface area (Å²) in [5.41, 5.74) is 1.92. The average molecular weight is 332 g/mol. The van der Waals surface area contributed by atoms with Crippen LogP contribution in [0.3, 0.4) is 0 Å². The quantitative estimate of drug-likeness (QED) is 0.501. The van der Waals surface area contributed by atoms with Gasteiger partial charge in [-0.05, 0) is 17.0 Å². The topological polar surface area (TPSA) is 40.5 Å². The molecule has 1 aromatic rings. The fraction of sp³-hybridized carbons (Fsp3) is 0.526. The fourth-order valence-electron chi connectivity index (χ4n) is 3.14. The summed E-state index contributed by atoms with van der Waals surface area (Å²) in [6, 6.07) is 10.4. The Bertz CT molecular complexity index is 589. The summed E-state index contributed by atoms with van der Waals surface area (Å²) in [5.74, 6) is 0.131. The van der Waals surface area contributed by atoms with Gasteiger partial charge < -0.3 is 9.67 Å². The van der Waals surface area contributed by atoms with Crippen molar-refractivity contribution in [1.82, 2.24) is 4.57 Å². The molecular weight excluding hydrogens is 302 g/mol. The minimum absolute atomic E-state index is 0.0502. The highest BCUT2D eigenvalue weighted by atomic mass is 28.3. The second kappa shape index (κ2) is 6.25. The van der Waals surface area contributed by atoms with Crippen molar-refractivity contribution in [3.63, 3.8) is 0 Å². The first kappa shape index (κ1) is 18.0. The van der Waals surface area contributed by atoms with E-state index >= 15 is 0 Å². The van der Waals surface area contributed by atoms with Gasteiger partial charge in [-0.25, -0.2) is 0 Å². The van der Waals surface area contributed by atoms with Gasteiger partial charge in [0.05, 0.1) is 18.6 Å². The van der Waals surface area contributed by atoms with Crippen LogP contribution in [-0.2, 0) is 4.79 Å². The number of carbonyl (C=O) groups excluding carboxylic acids is 1. The van der Waals surface area contributed by atoms with E-state index in [9.17, 15) is 9.90 Å². The Morgan fingerprint density at radius 2 is 1.83 bits per heavy atom. The summed E-state index contributed by atoms with van der Waals surface area (Å²) in [6.07, 6.45) is 0.569. The van der Waals surface area contributed by atoms with Crippen LogP contribution < -0.4 is 0 Å². The molecule has 1 aliphatic heterocycles. The number of hydrogen-bond acceptors (Lipinski definition) is 2. The van der Waals surface area contributed by atoms with Crippen molar-refractivity contribution < 1.29 is 9.90 Å². The number of aliphatic hydroxyl groups is 1. The number of rotatable bonds is 5. The van der Waals surface area contributed by atoms with E-state index in [0.29, 0.717) is 6.42 Å². The third kappa shape index (κ3) is 3.15. The van der Waals surface area contributed by atoms with Gasteiger partial charge in [0, 0.05) is 0 Å². The Balaban J connectivity index is 2.39. The number of carbonyl (C=O) groups is 1. The minimum atomic E-state index is -1.94. The molecule has 23 heavy (non-hydrogen) atoms. The van der Waals surface area contributed by atoms with E-state index in [-0.39, 0.29) is 29.5 Å². The van der Waals surface area contributed by atoms with Crippen molar-refractivity contribution in [2.45, 2.75) is 51.4 Å². The van der Waals surface area contributed by atoms with Gasteiger partial charge >= 0.3 is 0 Å². The van der Waals surface area contributed by atoms with Crippen LogP contribution in [0, 0.1) is 5.92 Å². The van der Waals surface area contributed by atoms with Crippen LogP contribution in [0.1, 0.15) is 38.8 Å². The highest BCUT2D eigenvalue weighted by Gasteiger charge is 2.57. The Hall–Kier alpha value is -1.39. The second-order valence-corrected chi connectivity index (χ2v) is 13.2. The largest absolute Gasteiger partial charge is 0.392 e. The van der Waals surface area contributed by atoms with Gasteiger partial charge in [0.2, 0.25) is 5.91 Å². The third-order valence-electron chi connectivity index (χ3n) is 5.52. The van der Waals surface area contributed by atoms with E-state index < -0.39 is 8.24 Å². The maximum atomic E-state index is 12.9. The smallest absolute Gasteiger partial charge is 0.221 e. The van der Waals surface area contributed by atoms with Gasteiger partial charge in [0.1, 0.15) is 0 Å². The summed E-state index contributed by atoms with van der Waals surface area (Å²) in [5, 5.41) is 9.39. The molecule has 0 aromatic heterocycles. The highest BCUT2D eigenvalue weighted by molar-refractivity contribution is 6.80. The van der Waals surface area contributed by atoms with Crippen LogP contribution in [0.2, 0.25) is 18.1 Å². The van der Waals surface area contributed by atoms with Crippen LogP contribution in [-0.4, -0.2) is 30.4 Å². The average Bonchev–Trinajstić information content (AvgIpc) is 2.48. The van der Waals surface area contributed by atoms with Crippen LogP contribution in [0.25, 0.3) is 0 Å². The lowest BCUT2D eigenvalue weighted by atomic mass is 9.81. The molecule has 3 nitrogen and oxygen atoms in total. The third-order valence-corrected chi connectivity index (χ3v) is 10.9. The molecule has 0 spiro atoms. The lowest BCUT2D eigenvalue weighted by Gasteiger charge is -2.59. The van der Waals surface area contributed by atoms with Gasteiger partial charge in [-0.15, -0.1) is 0 Å². The summed E-state index contributed by atoms with van der Waals surface area (Å²) in [6.45, 7) is 15.1. The number of nitrogens with zero attached hydrogens (tertiary/aromatic N) is 1. The van der Waals surface area contributed by atoms with E-state index in [1.165, 1.54) is 5.56 Å². The first-order valence-electron chi connectivity index (χ1n) is 8.27. The molecule has 1 amide bonds. The van der Waals surface area contributed by atoms with Gasteiger partial charge in [-0.3, -0.25) is 4.79 Å². The van der Waals surface area contributed by atoms with E-state index in [2.05, 4.69) is 57.1 Å². The number of β-lactam (4-membered cyclic amide) rings is 1. The normalized spacial score (nSPS) is 22.0. The molecule has 1 heterocycles. The molecule has 0 radical (unpaired) electrons. The Kier molecular flexibility index (Phi) is 4.88. The number of hydrogen-bond donors (Lipinski definition) is 1. The molecule has 1 saturated heterocycles. The molecule has 0 saturated carbocycles. The zero-order valence-corrected chi connectivity index (χ0v) is 16.0. The van der Waals surface area contributed by atoms with Crippen molar-refractivity contribution in [3.8, 4) is 0 Å². The molecular formula is C19H29NO2Si. The number of benzene rings is 1. The van der Waals surface area contributed by atoms with Crippen LogP contribution >= 0.6 is 0 Å². The van der Waals surface area contributed by atoms with Gasteiger partial charge in [-0.2, -0.15) is 0 Å². The molecule has 2 rings (SSSR count). The Morgan fingerprint density at radius 1 is 1.26 bits per heavy atom. The van der Waals surface area contributed by atoms with Crippen molar-refractivity contribution in [1.29, 1.82) is 0 Å². The molecule has 2 atom stereocenters. The molecule has 4 heteroatoms. The molecule has 1 N–H and O–H groups in total. The minimum Gasteiger partial charge on any atom is -0.392 e. The van der Waals surface area contributed by atoms with Gasteiger partial charge in [0.15, 0.2) is 8.24 Å². The lowest BCUT2D eigenvalue weighted by Crippen LogP contribution is -2.68.